The van der Waals surface area contributed by atoms with Crippen molar-refractivity contribution < 1.29 is 32.6 Å². The number of likely N-dealkylation sites (N-methyl/N-ethyl adjacent to an activating group) is 1. The summed E-state index contributed by atoms with van der Waals surface area (Å²) in [5, 5.41) is 0. The number of hydrogen-bond acceptors (Lipinski definition) is 6. The van der Waals surface area contributed by atoms with Crippen LogP contribution in [0.4, 0.5) is 18.4 Å². The van der Waals surface area contributed by atoms with Gasteiger partial charge >= 0.3 is 12.2 Å². The Morgan fingerprint density at radius 1 is 1.15 bits per heavy atom. The number of alkyl halides is 2. The van der Waals surface area contributed by atoms with E-state index in [9.17, 15) is 18.4 Å². The van der Waals surface area contributed by atoms with E-state index in [4.69, 9.17) is 14.2 Å². The lowest BCUT2D eigenvalue weighted by atomic mass is 10.1. The Labute approximate surface area is 159 Å². The quantitative estimate of drug-likeness (QED) is 0.506. The monoisotopic (exact) mass is 392 g/mol. The van der Waals surface area contributed by atoms with Gasteiger partial charge in [-0.2, -0.15) is 0 Å². The number of amides is 1. The predicted molar refractivity (Wildman–Crippen MR) is 96.4 cm³/mol. The minimum absolute atomic E-state index is 0.0614. The fourth-order valence-electron chi connectivity index (χ4n) is 2.70. The number of ether oxygens (including phenoxy) is 3. The van der Waals surface area contributed by atoms with Gasteiger partial charge in [0.2, 0.25) is 0 Å². The SMILES string of the molecule is C=NCC(F)(F)C1CC1(COC(=O)OC(C)(C)C)N(C)C(=O)OC(C)(C)C. The first kappa shape index (κ1) is 23.1. The summed E-state index contributed by atoms with van der Waals surface area (Å²) in [5.41, 5.74) is -2.98. The number of nitrogens with zero attached hydrogens (tertiary/aromatic N) is 2. The van der Waals surface area contributed by atoms with Crippen LogP contribution in [0.3, 0.4) is 0 Å². The van der Waals surface area contributed by atoms with Crippen LogP contribution >= 0.6 is 0 Å². The second-order valence-corrected chi connectivity index (χ2v) is 8.80. The molecule has 0 bridgehead atoms. The third-order valence-corrected chi connectivity index (χ3v) is 4.04. The molecule has 0 radical (unpaired) electrons. The van der Waals surface area contributed by atoms with Crippen molar-refractivity contribution in [1.82, 2.24) is 4.90 Å². The van der Waals surface area contributed by atoms with E-state index < -0.39 is 54.0 Å². The van der Waals surface area contributed by atoms with Crippen LogP contribution in [-0.2, 0) is 14.2 Å². The molecule has 1 aliphatic carbocycles. The normalized spacial score (nSPS) is 22.6. The molecular weight excluding hydrogens is 362 g/mol. The van der Waals surface area contributed by atoms with Gasteiger partial charge in [-0.1, -0.05) is 0 Å². The molecule has 1 saturated carbocycles. The van der Waals surface area contributed by atoms with E-state index in [1.165, 1.54) is 7.05 Å². The number of carbonyl (C=O) groups excluding carboxylic acids is 2. The van der Waals surface area contributed by atoms with Crippen LogP contribution < -0.4 is 0 Å². The van der Waals surface area contributed by atoms with Crippen LogP contribution in [0.25, 0.3) is 0 Å². The molecule has 0 saturated heterocycles. The molecule has 0 spiro atoms. The number of rotatable bonds is 6. The minimum atomic E-state index is -3.20. The van der Waals surface area contributed by atoms with E-state index in [1.54, 1.807) is 41.5 Å². The van der Waals surface area contributed by atoms with E-state index in [0.29, 0.717) is 0 Å². The lowest BCUT2D eigenvalue weighted by Gasteiger charge is -2.33. The Morgan fingerprint density at radius 3 is 2.11 bits per heavy atom. The van der Waals surface area contributed by atoms with Gasteiger partial charge in [0.1, 0.15) is 24.4 Å². The van der Waals surface area contributed by atoms with Crippen molar-refractivity contribution in [3.8, 4) is 0 Å². The van der Waals surface area contributed by atoms with E-state index in [0.717, 1.165) is 4.90 Å². The molecule has 9 heteroatoms. The molecule has 0 aliphatic heterocycles. The van der Waals surface area contributed by atoms with Gasteiger partial charge in [-0.05, 0) is 54.7 Å². The lowest BCUT2D eigenvalue weighted by molar-refractivity contribution is -0.0558. The predicted octanol–water partition coefficient (Wildman–Crippen LogP) is 3.90. The van der Waals surface area contributed by atoms with Crippen molar-refractivity contribution in [2.24, 2.45) is 10.9 Å². The maximum absolute atomic E-state index is 14.4. The average molecular weight is 392 g/mol. The molecule has 1 rings (SSSR count). The molecule has 1 fully saturated rings. The number of halogens is 2. The van der Waals surface area contributed by atoms with Crippen molar-refractivity contribution in [3.63, 3.8) is 0 Å². The zero-order valence-corrected chi connectivity index (χ0v) is 17.1. The Hall–Kier alpha value is -1.93. The maximum atomic E-state index is 14.4. The third-order valence-electron chi connectivity index (χ3n) is 4.04. The summed E-state index contributed by atoms with van der Waals surface area (Å²) in [7, 11) is 1.35. The van der Waals surface area contributed by atoms with Crippen molar-refractivity contribution in [3.05, 3.63) is 0 Å². The highest BCUT2D eigenvalue weighted by atomic mass is 19.3. The van der Waals surface area contributed by atoms with Crippen molar-refractivity contribution >= 4 is 19.0 Å². The van der Waals surface area contributed by atoms with Crippen LogP contribution in [-0.4, -0.2) is 66.7 Å². The van der Waals surface area contributed by atoms with Crippen LogP contribution in [0, 0.1) is 5.92 Å². The van der Waals surface area contributed by atoms with Gasteiger partial charge in [-0.15, -0.1) is 0 Å². The largest absolute Gasteiger partial charge is 0.508 e. The molecule has 2 unspecified atom stereocenters. The Balaban J connectivity index is 2.97. The molecular formula is C18H30F2N2O5. The van der Waals surface area contributed by atoms with Gasteiger partial charge in [-0.3, -0.25) is 4.99 Å². The fourth-order valence-corrected chi connectivity index (χ4v) is 2.70. The highest BCUT2D eigenvalue weighted by Crippen LogP contribution is 2.56. The number of carbonyl (C=O) groups is 2. The highest BCUT2D eigenvalue weighted by Gasteiger charge is 2.69. The van der Waals surface area contributed by atoms with Gasteiger partial charge in [0.15, 0.2) is 0 Å². The topological polar surface area (TPSA) is 77.4 Å². The van der Waals surface area contributed by atoms with E-state index in [2.05, 4.69) is 11.7 Å². The second-order valence-electron chi connectivity index (χ2n) is 8.80. The van der Waals surface area contributed by atoms with Gasteiger partial charge in [0.05, 0.1) is 11.5 Å². The first-order chi connectivity index (χ1) is 12.0. The summed E-state index contributed by atoms with van der Waals surface area (Å²) in [6.07, 6.45) is -1.83. The van der Waals surface area contributed by atoms with Crippen LogP contribution in [0.5, 0.6) is 0 Å². The molecule has 0 heterocycles. The Kier molecular flexibility index (Phi) is 6.50. The summed E-state index contributed by atoms with van der Waals surface area (Å²) >= 11 is 0. The zero-order valence-electron chi connectivity index (χ0n) is 17.1. The Morgan fingerprint density at radius 2 is 1.67 bits per heavy atom. The van der Waals surface area contributed by atoms with Crippen LogP contribution in [0.2, 0.25) is 0 Å². The van der Waals surface area contributed by atoms with Crippen LogP contribution in [0.15, 0.2) is 4.99 Å². The van der Waals surface area contributed by atoms with Gasteiger partial charge in [-0.25, -0.2) is 18.4 Å². The maximum Gasteiger partial charge on any atom is 0.508 e. The summed E-state index contributed by atoms with van der Waals surface area (Å²) in [5.74, 6) is -4.44. The molecule has 1 amide bonds. The van der Waals surface area contributed by atoms with E-state index in [1.807, 2.05) is 0 Å². The van der Waals surface area contributed by atoms with E-state index in [-0.39, 0.29) is 6.42 Å². The zero-order chi connectivity index (χ0) is 21.3. The smallest absolute Gasteiger partial charge is 0.444 e. The average Bonchev–Trinajstić information content (AvgIpc) is 3.17. The molecule has 156 valence electrons. The fraction of sp³-hybridized carbons (Fsp3) is 0.833. The third kappa shape index (κ3) is 6.32. The Bertz CT molecular complexity index is 583. The summed E-state index contributed by atoms with van der Waals surface area (Å²) in [6.45, 7) is 11.9. The van der Waals surface area contributed by atoms with Gasteiger partial charge in [0.25, 0.3) is 5.92 Å². The number of aliphatic imine (C=N–C) groups is 1. The molecule has 0 aromatic carbocycles. The minimum Gasteiger partial charge on any atom is -0.444 e. The lowest BCUT2D eigenvalue weighted by Crippen LogP contribution is -2.49. The first-order valence-corrected chi connectivity index (χ1v) is 8.67. The van der Waals surface area contributed by atoms with Gasteiger partial charge in [0, 0.05) is 7.05 Å². The summed E-state index contributed by atoms with van der Waals surface area (Å²) < 4.78 is 44.1. The molecule has 27 heavy (non-hydrogen) atoms. The van der Waals surface area contributed by atoms with Crippen LogP contribution in [0.1, 0.15) is 48.0 Å². The highest BCUT2D eigenvalue weighted by molar-refractivity contribution is 5.70. The molecule has 0 N–H and O–H groups in total. The molecule has 0 aromatic rings. The first-order valence-electron chi connectivity index (χ1n) is 8.67. The van der Waals surface area contributed by atoms with Crippen molar-refractivity contribution in [2.45, 2.75) is 70.6 Å². The van der Waals surface area contributed by atoms with E-state index >= 15 is 0 Å². The summed E-state index contributed by atoms with van der Waals surface area (Å²) in [6, 6.07) is 0. The van der Waals surface area contributed by atoms with Crippen molar-refractivity contribution in [1.29, 1.82) is 0 Å². The molecule has 7 nitrogen and oxygen atoms in total. The number of hydrogen-bond donors (Lipinski definition) is 0. The molecule has 2 atom stereocenters. The second kappa shape index (κ2) is 7.59. The van der Waals surface area contributed by atoms with Gasteiger partial charge < -0.3 is 19.1 Å². The standard InChI is InChI=1S/C18H30F2N2O5/c1-15(2,3)26-13(23)22(8)17(9-12(17)18(19,20)10-21-7)11-25-14(24)27-16(4,5)6/h12H,7,9-11H2,1-6,8H3. The molecule has 1 aliphatic rings. The molecule has 0 aromatic heterocycles. The van der Waals surface area contributed by atoms with Crippen molar-refractivity contribution in [2.75, 3.05) is 20.2 Å². The summed E-state index contributed by atoms with van der Waals surface area (Å²) in [4.78, 5) is 28.6.